The summed E-state index contributed by atoms with van der Waals surface area (Å²) in [5, 5.41) is 1.39. The highest BCUT2D eigenvalue weighted by atomic mass is 35.5. The molecule has 1 aromatic heterocycles. The molecule has 16 heavy (non-hydrogen) atoms. The van der Waals surface area contributed by atoms with E-state index < -0.39 is 0 Å². The van der Waals surface area contributed by atoms with Gasteiger partial charge in [0.1, 0.15) is 0 Å². The maximum absolute atomic E-state index is 12.3. The molecule has 1 aliphatic rings. The molecular weight excluding hydrogens is 222 g/mol. The molecule has 2 nitrogen and oxygen atoms in total. The predicted octanol–water partition coefficient (Wildman–Crippen LogP) is 2.98. The van der Waals surface area contributed by atoms with Crippen LogP contribution in [0, 0.1) is 6.92 Å². The van der Waals surface area contributed by atoms with E-state index in [0.29, 0.717) is 5.02 Å². The number of aromatic nitrogens is 1. The monoisotopic (exact) mass is 233 g/mol. The Labute approximate surface area is 98.3 Å². The van der Waals surface area contributed by atoms with Crippen LogP contribution in [-0.2, 0) is 12.8 Å². The van der Waals surface area contributed by atoms with Gasteiger partial charge in [-0.25, -0.2) is 0 Å². The number of pyridine rings is 1. The van der Waals surface area contributed by atoms with Crippen LogP contribution in [0.25, 0.3) is 10.9 Å². The van der Waals surface area contributed by atoms with Crippen LogP contribution in [0.5, 0.6) is 0 Å². The lowest BCUT2D eigenvalue weighted by Crippen LogP contribution is -2.11. The topological polar surface area (TPSA) is 32.9 Å². The maximum Gasteiger partial charge on any atom is 0.193 e. The Morgan fingerprint density at radius 1 is 1.31 bits per heavy atom. The van der Waals surface area contributed by atoms with Crippen LogP contribution in [0.1, 0.15) is 23.2 Å². The molecule has 0 spiro atoms. The number of rotatable bonds is 0. The second-order valence-corrected chi connectivity index (χ2v) is 4.79. The van der Waals surface area contributed by atoms with Gasteiger partial charge in [-0.05, 0) is 37.8 Å². The van der Waals surface area contributed by atoms with E-state index in [9.17, 15) is 4.79 Å². The largest absolute Gasteiger partial charge is 0.357 e. The van der Waals surface area contributed by atoms with Crippen molar-refractivity contribution >= 4 is 22.5 Å². The standard InChI is InChI=1S/C13H12ClNO/c1-7-5-6-9(14)12-11(7)13(16)8-3-2-4-10(8)15-12/h5-6H,2-4H2,1H3,(H,15,16). The number of aryl methyl sites for hydroxylation is 2. The van der Waals surface area contributed by atoms with Crippen molar-refractivity contribution in [1.82, 2.24) is 4.98 Å². The van der Waals surface area contributed by atoms with Crippen molar-refractivity contribution in [3.63, 3.8) is 0 Å². The Morgan fingerprint density at radius 2 is 2.12 bits per heavy atom. The van der Waals surface area contributed by atoms with Crippen molar-refractivity contribution in [3.8, 4) is 0 Å². The van der Waals surface area contributed by atoms with Crippen molar-refractivity contribution in [2.75, 3.05) is 0 Å². The van der Waals surface area contributed by atoms with Gasteiger partial charge in [0.15, 0.2) is 5.43 Å². The molecule has 3 heteroatoms. The molecule has 0 radical (unpaired) electrons. The van der Waals surface area contributed by atoms with Crippen LogP contribution in [0.3, 0.4) is 0 Å². The average molecular weight is 234 g/mol. The van der Waals surface area contributed by atoms with E-state index in [4.69, 9.17) is 11.6 Å². The second-order valence-electron chi connectivity index (χ2n) is 4.38. The van der Waals surface area contributed by atoms with E-state index in [-0.39, 0.29) is 5.43 Å². The molecule has 0 atom stereocenters. The van der Waals surface area contributed by atoms with Gasteiger partial charge >= 0.3 is 0 Å². The normalized spacial score (nSPS) is 14.4. The Morgan fingerprint density at radius 3 is 2.94 bits per heavy atom. The molecule has 0 aliphatic heterocycles. The lowest BCUT2D eigenvalue weighted by molar-refractivity contribution is 0.900. The molecule has 0 amide bonds. The summed E-state index contributed by atoms with van der Waals surface area (Å²) in [6.07, 6.45) is 2.92. The Balaban J connectivity index is 2.56. The van der Waals surface area contributed by atoms with Gasteiger partial charge < -0.3 is 4.98 Å². The molecule has 0 bridgehead atoms. The van der Waals surface area contributed by atoms with E-state index >= 15 is 0 Å². The zero-order chi connectivity index (χ0) is 11.3. The Bertz CT molecular complexity index is 642. The van der Waals surface area contributed by atoms with Crippen LogP contribution in [0.15, 0.2) is 16.9 Å². The molecule has 0 fully saturated rings. The number of hydrogen-bond acceptors (Lipinski definition) is 1. The summed E-state index contributed by atoms with van der Waals surface area (Å²) in [5.74, 6) is 0. The fourth-order valence-corrected chi connectivity index (χ4v) is 2.73. The van der Waals surface area contributed by atoms with E-state index in [2.05, 4.69) is 4.98 Å². The summed E-state index contributed by atoms with van der Waals surface area (Å²) in [6.45, 7) is 1.95. The molecular formula is C13H12ClNO. The number of hydrogen-bond donors (Lipinski definition) is 1. The highest BCUT2D eigenvalue weighted by molar-refractivity contribution is 6.35. The summed E-state index contributed by atoms with van der Waals surface area (Å²) < 4.78 is 0. The van der Waals surface area contributed by atoms with E-state index in [1.54, 1.807) is 0 Å². The summed E-state index contributed by atoms with van der Waals surface area (Å²) in [6, 6.07) is 3.75. The average Bonchev–Trinajstić information content (AvgIpc) is 2.72. The molecule has 1 N–H and O–H groups in total. The van der Waals surface area contributed by atoms with Gasteiger partial charge in [-0.1, -0.05) is 17.7 Å². The molecule has 1 heterocycles. The third-order valence-electron chi connectivity index (χ3n) is 3.36. The number of halogens is 1. The van der Waals surface area contributed by atoms with Crippen molar-refractivity contribution < 1.29 is 0 Å². The molecule has 1 aliphatic carbocycles. The summed E-state index contributed by atoms with van der Waals surface area (Å²) in [5.41, 5.74) is 3.99. The first kappa shape index (κ1) is 9.91. The molecule has 2 aromatic rings. The van der Waals surface area contributed by atoms with Gasteiger partial charge in [-0.3, -0.25) is 4.79 Å². The van der Waals surface area contributed by atoms with Gasteiger partial charge in [-0.2, -0.15) is 0 Å². The van der Waals surface area contributed by atoms with Gasteiger partial charge in [0, 0.05) is 11.3 Å². The van der Waals surface area contributed by atoms with Crippen LogP contribution in [-0.4, -0.2) is 4.98 Å². The Hall–Kier alpha value is -1.28. The number of fused-ring (bicyclic) bond motifs is 2. The highest BCUT2D eigenvalue weighted by Crippen LogP contribution is 2.26. The fourth-order valence-electron chi connectivity index (χ4n) is 2.53. The summed E-state index contributed by atoms with van der Waals surface area (Å²) in [4.78, 5) is 15.6. The van der Waals surface area contributed by atoms with Gasteiger partial charge in [0.25, 0.3) is 0 Å². The minimum absolute atomic E-state index is 0.168. The molecule has 82 valence electrons. The molecule has 0 saturated heterocycles. The van der Waals surface area contributed by atoms with Gasteiger partial charge in [0.05, 0.1) is 15.9 Å². The highest BCUT2D eigenvalue weighted by Gasteiger charge is 2.18. The molecule has 0 unspecified atom stereocenters. The number of H-pyrrole nitrogens is 1. The lowest BCUT2D eigenvalue weighted by Gasteiger charge is -2.07. The quantitative estimate of drug-likeness (QED) is 0.746. The van der Waals surface area contributed by atoms with Crippen molar-refractivity contribution in [2.24, 2.45) is 0 Å². The van der Waals surface area contributed by atoms with Crippen LogP contribution < -0.4 is 5.43 Å². The summed E-state index contributed by atoms with van der Waals surface area (Å²) in [7, 11) is 0. The number of benzene rings is 1. The maximum atomic E-state index is 12.3. The number of nitrogens with one attached hydrogen (secondary N) is 1. The van der Waals surface area contributed by atoms with Crippen LogP contribution in [0.2, 0.25) is 5.02 Å². The van der Waals surface area contributed by atoms with E-state index in [1.807, 2.05) is 19.1 Å². The smallest absolute Gasteiger partial charge is 0.193 e. The fraction of sp³-hybridized carbons (Fsp3) is 0.308. The third kappa shape index (κ3) is 1.23. The SMILES string of the molecule is Cc1ccc(Cl)c2[nH]c3c(c(=O)c12)CCC3. The van der Waals surface area contributed by atoms with E-state index in [0.717, 1.165) is 47.0 Å². The first-order valence-corrected chi connectivity index (χ1v) is 5.89. The van der Waals surface area contributed by atoms with Crippen molar-refractivity contribution in [3.05, 3.63) is 44.2 Å². The third-order valence-corrected chi connectivity index (χ3v) is 3.67. The molecule has 0 saturated carbocycles. The zero-order valence-electron chi connectivity index (χ0n) is 9.06. The predicted molar refractivity (Wildman–Crippen MR) is 66.3 cm³/mol. The zero-order valence-corrected chi connectivity index (χ0v) is 9.82. The Kier molecular flexibility index (Phi) is 2.08. The van der Waals surface area contributed by atoms with Gasteiger partial charge in [-0.15, -0.1) is 0 Å². The van der Waals surface area contributed by atoms with Crippen LogP contribution >= 0.6 is 11.6 Å². The van der Waals surface area contributed by atoms with Gasteiger partial charge in [0.2, 0.25) is 0 Å². The minimum Gasteiger partial charge on any atom is -0.357 e. The second kappa shape index (κ2) is 3.36. The van der Waals surface area contributed by atoms with Crippen LogP contribution in [0.4, 0.5) is 0 Å². The first-order chi connectivity index (χ1) is 7.68. The minimum atomic E-state index is 0.168. The summed E-state index contributed by atoms with van der Waals surface area (Å²) >= 11 is 6.13. The lowest BCUT2D eigenvalue weighted by atomic mass is 10.1. The van der Waals surface area contributed by atoms with E-state index in [1.165, 1.54) is 0 Å². The van der Waals surface area contributed by atoms with Crippen molar-refractivity contribution in [1.29, 1.82) is 0 Å². The first-order valence-electron chi connectivity index (χ1n) is 5.51. The number of aromatic amines is 1. The molecule has 3 rings (SSSR count). The molecule has 1 aromatic carbocycles. The van der Waals surface area contributed by atoms with Crippen molar-refractivity contribution in [2.45, 2.75) is 26.2 Å².